The molecular formula is C42H68N2O4. The van der Waals surface area contributed by atoms with Crippen molar-refractivity contribution in [2.24, 2.45) is 73.4 Å². The van der Waals surface area contributed by atoms with E-state index in [1.54, 1.807) is 0 Å². The van der Waals surface area contributed by atoms with Gasteiger partial charge in [0.2, 0.25) is 11.8 Å². The number of hydrogen-bond acceptors (Lipinski definition) is 4. The molecule has 1 heterocycles. The Labute approximate surface area is 291 Å². The molecule has 2 N–H and O–H groups in total. The van der Waals surface area contributed by atoms with Crippen LogP contribution in [0.3, 0.4) is 0 Å². The van der Waals surface area contributed by atoms with Crippen LogP contribution in [0.2, 0.25) is 0 Å². The van der Waals surface area contributed by atoms with Crippen molar-refractivity contribution in [3.05, 3.63) is 0 Å². The predicted molar refractivity (Wildman–Crippen MR) is 189 cm³/mol. The molecule has 12 atom stereocenters. The minimum Gasteiger partial charge on any atom is -0.393 e. The molecule has 0 radical (unpaired) electrons. The molecule has 6 nitrogen and oxygen atoms in total. The van der Waals surface area contributed by atoms with Gasteiger partial charge < -0.3 is 20.1 Å². The van der Waals surface area contributed by atoms with Crippen LogP contribution >= 0.6 is 0 Å². The first-order valence-electron chi connectivity index (χ1n) is 20.3. The Morgan fingerprint density at radius 2 is 1.42 bits per heavy atom. The molecule has 7 aliphatic carbocycles. The largest absolute Gasteiger partial charge is 0.393 e. The summed E-state index contributed by atoms with van der Waals surface area (Å²) in [7, 11) is 0. The molecule has 2 amide bonds. The molecule has 8 aliphatic rings. The fourth-order valence-corrected chi connectivity index (χ4v) is 15.2. The molecule has 48 heavy (non-hydrogen) atoms. The molecule has 0 aromatic carbocycles. The summed E-state index contributed by atoms with van der Waals surface area (Å²) in [5, 5.41) is 14.8. The van der Waals surface area contributed by atoms with E-state index in [1.165, 1.54) is 44.9 Å². The lowest BCUT2D eigenvalue weighted by atomic mass is 9.32. The Morgan fingerprint density at radius 3 is 2.08 bits per heavy atom. The van der Waals surface area contributed by atoms with Gasteiger partial charge in [-0.15, -0.1) is 0 Å². The first-order valence-corrected chi connectivity index (χ1v) is 20.3. The number of carbonyl (C=O) groups excluding carboxylic acids is 2. The maximum Gasteiger partial charge on any atom is 0.226 e. The molecule has 0 bridgehead atoms. The van der Waals surface area contributed by atoms with Crippen molar-refractivity contribution in [2.75, 3.05) is 26.3 Å². The lowest BCUT2D eigenvalue weighted by Gasteiger charge is -2.73. The number of ether oxygens (including phenoxy) is 1. The molecule has 8 rings (SSSR count). The van der Waals surface area contributed by atoms with Gasteiger partial charge in [0, 0.05) is 25.0 Å². The maximum absolute atomic E-state index is 15.0. The summed E-state index contributed by atoms with van der Waals surface area (Å²) in [5.74, 6) is 3.53. The van der Waals surface area contributed by atoms with Gasteiger partial charge in [0.05, 0.1) is 24.7 Å². The van der Waals surface area contributed by atoms with Gasteiger partial charge in [0.1, 0.15) is 0 Å². The van der Waals surface area contributed by atoms with E-state index >= 15 is 0 Å². The molecule has 1 aliphatic heterocycles. The Kier molecular flexibility index (Phi) is 7.58. The Morgan fingerprint density at radius 1 is 0.708 bits per heavy atom. The van der Waals surface area contributed by atoms with Crippen LogP contribution in [0, 0.1) is 73.4 Å². The summed E-state index contributed by atoms with van der Waals surface area (Å²) in [4.78, 5) is 30.5. The monoisotopic (exact) mass is 665 g/mol. The van der Waals surface area contributed by atoms with E-state index < -0.39 is 0 Å². The highest BCUT2D eigenvalue weighted by molar-refractivity contribution is 5.86. The van der Waals surface area contributed by atoms with E-state index in [9.17, 15) is 14.7 Å². The summed E-state index contributed by atoms with van der Waals surface area (Å²) in [5.41, 5.74) is 0.656. The van der Waals surface area contributed by atoms with E-state index in [2.05, 4.69) is 60.7 Å². The van der Waals surface area contributed by atoms with E-state index in [4.69, 9.17) is 4.74 Å². The van der Waals surface area contributed by atoms with Gasteiger partial charge in [-0.1, -0.05) is 55.4 Å². The smallest absolute Gasteiger partial charge is 0.226 e. The first-order chi connectivity index (χ1) is 22.5. The molecule has 7 saturated carbocycles. The zero-order valence-corrected chi connectivity index (χ0v) is 31.8. The minimum absolute atomic E-state index is 0.0237. The van der Waals surface area contributed by atoms with Gasteiger partial charge in [0.25, 0.3) is 0 Å². The van der Waals surface area contributed by atoms with Gasteiger partial charge in [0.15, 0.2) is 0 Å². The van der Waals surface area contributed by atoms with Crippen molar-refractivity contribution in [3.8, 4) is 0 Å². The fraction of sp³-hybridized carbons (Fsp3) is 0.952. The Hall–Kier alpha value is -1.14. The number of nitrogens with one attached hydrogen (secondary N) is 1. The number of rotatable bonds is 4. The van der Waals surface area contributed by atoms with Crippen LogP contribution in [0.25, 0.3) is 0 Å². The van der Waals surface area contributed by atoms with Gasteiger partial charge in [-0.25, -0.2) is 0 Å². The molecule has 0 spiro atoms. The number of hydrogen-bond donors (Lipinski definition) is 2. The van der Waals surface area contributed by atoms with Crippen molar-refractivity contribution >= 4 is 11.8 Å². The molecule has 6 heteroatoms. The molecule has 1 saturated heterocycles. The second-order valence-electron chi connectivity index (χ2n) is 21.1. The average Bonchev–Trinajstić information content (AvgIpc) is 3.66. The van der Waals surface area contributed by atoms with E-state index in [0.29, 0.717) is 67.2 Å². The number of aliphatic hydroxyl groups excluding tert-OH is 1. The van der Waals surface area contributed by atoms with Gasteiger partial charge in [-0.2, -0.15) is 0 Å². The summed E-state index contributed by atoms with van der Waals surface area (Å²) in [6, 6.07) is 0.0624. The minimum atomic E-state index is -0.267. The van der Waals surface area contributed by atoms with Gasteiger partial charge in [-0.3, -0.25) is 9.59 Å². The van der Waals surface area contributed by atoms with Gasteiger partial charge >= 0.3 is 0 Å². The normalized spacial score (nSPS) is 51.3. The Balaban J connectivity index is 1.07. The number of aliphatic hydroxyl groups is 1. The van der Waals surface area contributed by atoms with Crippen molar-refractivity contribution < 1.29 is 19.4 Å². The second-order valence-corrected chi connectivity index (χ2v) is 21.1. The highest BCUT2D eigenvalue weighted by Gasteiger charge is 2.73. The van der Waals surface area contributed by atoms with Crippen LogP contribution < -0.4 is 5.32 Å². The molecule has 0 aromatic heterocycles. The highest BCUT2D eigenvalue weighted by Crippen LogP contribution is 2.79. The number of morpholine rings is 1. The Bertz CT molecular complexity index is 1330. The van der Waals surface area contributed by atoms with E-state index in [1.807, 2.05) is 4.90 Å². The van der Waals surface area contributed by atoms with E-state index in [0.717, 1.165) is 38.5 Å². The fourth-order valence-electron chi connectivity index (χ4n) is 15.2. The van der Waals surface area contributed by atoms with Crippen molar-refractivity contribution in [2.45, 2.75) is 151 Å². The zero-order chi connectivity index (χ0) is 34.3. The SMILES string of the molecule is CC1(C2CCC3(C(=O)N[C@H]4C[C@@H](C(=O)N5CCOCC5)C4(C)C)CCC4(C)C(CCC5C6(C)CCC(O)C(C)(C)C6CCC54C)C23)CC1. The standard InChI is InChI=1S/C42H68N2O4/c1-36(2)28(34(46)44-21-23-48-24-22-44)25-31(36)43-35(47)42-16-11-26(38(5)17-18-38)33(42)27-9-10-30-39(6)14-13-32(45)37(3,4)29(39)12-15-41(30,8)40(27,7)19-20-42/h26-33,45H,9-25H2,1-8H3,(H,43,47)/t26?,27?,28-,29?,30?,31-,32?,33?,39?,40?,41?,42?/m0/s1. The zero-order valence-electron chi connectivity index (χ0n) is 31.8. The maximum atomic E-state index is 15.0. The molecular weight excluding hydrogens is 596 g/mol. The number of fused-ring (bicyclic) bond motifs is 7. The van der Waals surface area contributed by atoms with Crippen molar-refractivity contribution in [1.29, 1.82) is 0 Å². The third-order valence-electron chi connectivity index (χ3n) is 19.0. The number of nitrogens with zero attached hydrogens (tertiary/aromatic N) is 1. The predicted octanol–water partition coefficient (Wildman–Crippen LogP) is 7.62. The van der Waals surface area contributed by atoms with Crippen LogP contribution in [0.5, 0.6) is 0 Å². The van der Waals surface area contributed by atoms with Crippen LogP contribution in [-0.4, -0.2) is 60.3 Å². The van der Waals surface area contributed by atoms with Crippen LogP contribution in [0.4, 0.5) is 0 Å². The van der Waals surface area contributed by atoms with Crippen molar-refractivity contribution in [3.63, 3.8) is 0 Å². The van der Waals surface area contributed by atoms with Gasteiger partial charge in [-0.05, 0) is 146 Å². The molecule has 0 aromatic rings. The number of carbonyl (C=O) groups is 2. The van der Waals surface area contributed by atoms with Crippen LogP contribution in [-0.2, 0) is 14.3 Å². The summed E-state index contributed by atoms with van der Waals surface area (Å²) < 4.78 is 5.51. The van der Waals surface area contributed by atoms with E-state index in [-0.39, 0.29) is 56.5 Å². The lowest BCUT2D eigenvalue weighted by Crippen LogP contribution is -2.68. The van der Waals surface area contributed by atoms with Crippen LogP contribution in [0.15, 0.2) is 0 Å². The third-order valence-corrected chi connectivity index (χ3v) is 19.0. The molecule has 270 valence electrons. The second kappa shape index (κ2) is 10.7. The molecule has 8 fully saturated rings. The average molecular weight is 665 g/mol. The highest BCUT2D eigenvalue weighted by atomic mass is 16.5. The summed E-state index contributed by atoms with van der Waals surface area (Å²) in [6.07, 6.45) is 14.8. The topological polar surface area (TPSA) is 78.9 Å². The van der Waals surface area contributed by atoms with Crippen LogP contribution in [0.1, 0.15) is 139 Å². The summed E-state index contributed by atoms with van der Waals surface area (Å²) >= 11 is 0. The lowest BCUT2D eigenvalue weighted by molar-refractivity contribution is -0.248. The number of amides is 2. The first kappa shape index (κ1) is 34.0. The quantitative estimate of drug-likeness (QED) is 0.324. The van der Waals surface area contributed by atoms with Crippen molar-refractivity contribution in [1.82, 2.24) is 10.2 Å². The third kappa shape index (κ3) is 4.35. The summed E-state index contributed by atoms with van der Waals surface area (Å²) in [6.45, 7) is 22.3. The molecule has 10 unspecified atom stereocenters.